The zero-order chi connectivity index (χ0) is 12.4. The Labute approximate surface area is 104 Å². The summed E-state index contributed by atoms with van der Waals surface area (Å²) in [6.45, 7) is 7.91. The number of amides is 1. The Bertz CT molecular complexity index is 279. The van der Waals surface area contributed by atoms with Crippen LogP contribution in [-0.4, -0.2) is 50.2 Å². The summed E-state index contributed by atoms with van der Waals surface area (Å²) in [6, 6.07) is 0. The molecule has 2 fully saturated rings. The SMILES string of the molecule is COC1CN(C(=O)C(C)C2CNC2)CCC1C. The lowest BCUT2D eigenvalue weighted by molar-refractivity contribution is -0.142. The molecule has 1 N–H and O–H groups in total. The van der Waals surface area contributed by atoms with E-state index in [1.165, 1.54) is 0 Å². The van der Waals surface area contributed by atoms with Crippen molar-refractivity contribution < 1.29 is 9.53 Å². The Balaban J connectivity index is 1.90. The highest BCUT2D eigenvalue weighted by Gasteiger charge is 2.35. The number of ether oxygens (including phenoxy) is 1. The lowest BCUT2D eigenvalue weighted by Crippen LogP contribution is -2.53. The molecule has 0 radical (unpaired) electrons. The van der Waals surface area contributed by atoms with Gasteiger partial charge in [0.25, 0.3) is 0 Å². The fourth-order valence-corrected chi connectivity index (χ4v) is 2.69. The van der Waals surface area contributed by atoms with Gasteiger partial charge in [-0.05, 0) is 31.3 Å². The van der Waals surface area contributed by atoms with Gasteiger partial charge in [-0.1, -0.05) is 13.8 Å². The molecule has 2 aliphatic rings. The van der Waals surface area contributed by atoms with Crippen molar-refractivity contribution in [3.05, 3.63) is 0 Å². The number of nitrogens with zero attached hydrogens (tertiary/aromatic N) is 1. The van der Waals surface area contributed by atoms with Gasteiger partial charge >= 0.3 is 0 Å². The standard InChI is InChI=1S/C13H24N2O2/c1-9-4-5-15(8-12(9)17-3)13(16)10(2)11-6-14-7-11/h9-12,14H,4-8H2,1-3H3. The van der Waals surface area contributed by atoms with Crippen LogP contribution in [-0.2, 0) is 9.53 Å². The molecular weight excluding hydrogens is 216 g/mol. The van der Waals surface area contributed by atoms with Gasteiger partial charge in [0, 0.05) is 26.1 Å². The lowest BCUT2D eigenvalue weighted by Gasteiger charge is -2.40. The molecule has 0 bridgehead atoms. The Hall–Kier alpha value is -0.610. The van der Waals surface area contributed by atoms with Gasteiger partial charge in [0.05, 0.1) is 6.10 Å². The zero-order valence-corrected chi connectivity index (χ0v) is 11.1. The van der Waals surface area contributed by atoms with Gasteiger partial charge in [-0.3, -0.25) is 4.79 Å². The van der Waals surface area contributed by atoms with Crippen molar-refractivity contribution in [2.24, 2.45) is 17.8 Å². The highest BCUT2D eigenvalue weighted by molar-refractivity contribution is 5.79. The van der Waals surface area contributed by atoms with Gasteiger partial charge in [-0.25, -0.2) is 0 Å². The predicted octanol–water partition coefficient (Wildman–Crippen LogP) is 0.725. The summed E-state index contributed by atoms with van der Waals surface area (Å²) >= 11 is 0. The van der Waals surface area contributed by atoms with E-state index in [1.54, 1.807) is 7.11 Å². The molecule has 17 heavy (non-hydrogen) atoms. The van der Waals surface area contributed by atoms with Crippen molar-refractivity contribution in [3.63, 3.8) is 0 Å². The molecule has 4 heteroatoms. The van der Waals surface area contributed by atoms with E-state index < -0.39 is 0 Å². The molecule has 0 aliphatic carbocycles. The number of methoxy groups -OCH3 is 1. The number of piperidine rings is 1. The summed E-state index contributed by atoms with van der Waals surface area (Å²) in [5.74, 6) is 1.56. The molecule has 3 atom stereocenters. The molecule has 98 valence electrons. The van der Waals surface area contributed by atoms with Crippen LogP contribution < -0.4 is 5.32 Å². The van der Waals surface area contributed by atoms with Crippen LogP contribution >= 0.6 is 0 Å². The third-order valence-corrected chi connectivity index (χ3v) is 4.41. The molecule has 1 amide bonds. The quantitative estimate of drug-likeness (QED) is 0.790. The van der Waals surface area contributed by atoms with Crippen molar-refractivity contribution in [1.82, 2.24) is 10.2 Å². The molecule has 4 nitrogen and oxygen atoms in total. The van der Waals surface area contributed by atoms with Crippen LogP contribution in [0.4, 0.5) is 0 Å². The average Bonchev–Trinajstić information content (AvgIpc) is 2.26. The highest BCUT2D eigenvalue weighted by atomic mass is 16.5. The van der Waals surface area contributed by atoms with Crippen LogP contribution in [0.3, 0.4) is 0 Å². The van der Waals surface area contributed by atoms with Gasteiger partial charge < -0.3 is 15.0 Å². The molecular formula is C13H24N2O2. The van der Waals surface area contributed by atoms with Gasteiger partial charge in [-0.2, -0.15) is 0 Å². The summed E-state index contributed by atoms with van der Waals surface area (Å²) in [5, 5.41) is 3.23. The lowest BCUT2D eigenvalue weighted by atomic mass is 9.86. The molecule has 2 aliphatic heterocycles. The van der Waals surface area contributed by atoms with Crippen molar-refractivity contribution in [2.75, 3.05) is 33.3 Å². The van der Waals surface area contributed by atoms with Crippen LogP contribution in [0.1, 0.15) is 20.3 Å². The van der Waals surface area contributed by atoms with E-state index in [1.807, 2.05) is 4.90 Å². The van der Waals surface area contributed by atoms with Gasteiger partial charge in [-0.15, -0.1) is 0 Å². The number of hydrogen-bond donors (Lipinski definition) is 1. The van der Waals surface area contributed by atoms with E-state index in [2.05, 4.69) is 19.2 Å². The summed E-state index contributed by atoms with van der Waals surface area (Å²) in [6.07, 6.45) is 1.26. The molecule has 0 aromatic rings. The Kier molecular flexibility index (Phi) is 4.05. The minimum atomic E-state index is 0.155. The smallest absolute Gasteiger partial charge is 0.225 e. The van der Waals surface area contributed by atoms with E-state index in [0.717, 1.165) is 32.6 Å². The van der Waals surface area contributed by atoms with E-state index in [-0.39, 0.29) is 12.0 Å². The third-order valence-electron chi connectivity index (χ3n) is 4.41. The number of likely N-dealkylation sites (tertiary alicyclic amines) is 1. The molecule has 0 spiro atoms. The van der Waals surface area contributed by atoms with E-state index in [9.17, 15) is 4.79 Å². The van der Waals surface area contributed by atoms with Crippen molar-refractivity contribution in [2.45, 2.75) is 26.4 Å². The Morgan fingerprint density at radius 1 is 1.47 bits per heavy atom. The molecule has 0 aromatic carbocycles. The monoisotopic (exact) mass is 240 g/mol. The summed E-state index contributed by atoms with van der Waals surface area (Å²) < 4.78 is 5.46. The minimum absolute atomic E-state index is 0.155. The van der Waals surface area contributed by atoms with Crippen molar-refractivity contribution in [1.29, 1.82) is 0 Å². The molecule has 3 unspecified atom stereocenters. The number of hydrogen-bond acceptors (Lipinski definition) is 3. The largest absolute Gasteiger partial charge is 0.379 e. The maximum absolute atomic E-state index is 12.3. The number of carbonyl (C=O) groups is 1. The molecule has 2 saturated heterocycles. The maximum atomic E-state index is 12.3. The first-order chi connectivity index (χ1) is 8.13. The van der Waals surface area contributed by atoms with Crippen LogP contribution in [0.2, 0.25) is 0 Å². The summed E-state index contributed by atoms with van der Waals surface area (Å²) in [7, 11) is 1.74. The van der Waals surface area contributed by atoms with E-state index in [4.69, 9.17) is 4.74 Å². The van der Waals surface area contributed by atoms with Gasteiger partial charge in [0.1, 0.15) is 0 Å². The molecule has 2 rings (SSSR count). The summed E-state index contributed by atoms with van der Waals surface area (Å²) in [4.78, 5) is 14.3. The molecule has 0 aromatic heterocycles. The number of rotatable bonds is 3. The predicted molar refractivity (Wildman–Crippen MR) is 66.7 cm³/mol. The third kappa shape index (κ3) is 2.63. The number of carbonyl (C=O) groups excluding carboxylic acids is 1. The molecule has 0 saturated carbocycles. The zero-order valence-electron chi connectivity index (χ0n) is 11.1. The van der Waals surface area contributed by atoms with Crippen molar-refractivity contribution in [3.8, 4) is 0 Å². The first-order valence-electron chi connectivity index (χ1n) is 6.65. The number of nitrogens with one attached hydrogen (secondary N) is 1. The second-order valence-corrected chi connectivity index (χ2v) is 5.53. The normalized spacial score (nSPS) is 32.1. The second kappa shape index (κ2) is 5.36. The van der Waals surface area contributed by atoms with Gasteiger partial charge in [0.15, 0.2) is 0 Å². The topological polar surface area (TPSA) is 41.6 Å². The second-order valence-electron chi connectivity index (χ2n) is 5.53. The summed E-state index contributed by atoms with van der Waals surface area (Å²) in [5.41, 5.74) is 0. The van der Waals surface area contributed by atoms with Crippen LogP contribution in [0.15, 0.2) is 0 Å². The first-order valence-corrected chi connectivity index (χ1v) is 6.65. The van der Waals surface area contributed by atoms with E-state index in [0.29, 0.717) is 17.7 Å². The first kappa shape index (κ1) is 12.8. The molecule has 2 heterocycles. The highest BCUT2D eigenvalue weighted by Crippen LogP contribution is 2.24. The van der Waals surface area contributed by atoms with Crippen LogP contribution in [0.5, 0.6) is 0 Å². The van der Waals surface area contributed by atoms with Crippen LogP contribution in [0, 0.1) is 17.8 Å². The Morgan fingerprint density at radius 2 is 2.18 bits per heavy atom. The van der Waals surface area contributed by atoms with Crippen molar-refractivity contribution >= 4 is 5.91 Å². The van der Waals surface area contributed by atoms with E-state index >= 15 is 0 Å². The van der Waals surface area contributed by atoms with Crippen LogP contribution in [0.25, 0.3) is 0 Å². The Morgan fingerprint density at radius 3 is 2.71 bits per heavy atom. The maximum Gasteiger partial charge on any atom is 0.225 e. The average molecular weight is 240 g/mol. The fraction of sp³-hybridized carbons (Fsp3) is 0.923. The van der Waals surface area contributed by atoms with Gasteiger partial charge in [0.2, 0.25) is 5.91 Å². The fourth-order valence-electron chi connectivity index (χ4n) is 2.69. The minimum Gasteiger partial charge on any atom is -0.379 e.